The van der Waals surface area contributed by atoms with Crippen LogP contribution in [0.25, 0.3) is 10.9 Å². The van der Waals surface area contributed by atoms with Gasteiger partial charge in [-0.3, -0.25) is 4.79 Å². The van der Waals surface area contributed by atoms with Crippen LogP contribution in [0.15, 0.2) is 42.7 Å². The van der Waals surface area contributed by atoms with Crippen molar-refractivity contribution in [1.82, 2.24) is 15.3 Å². The molecule has 6 heteroatoms. The monoisotopic (exact) mass is 333 g/mol. The Kier molecular flexibility index (Phi) is 4.32. The molecule has 0 radical (unpaired) electrons. The van der Waals surface area contributed by atoms with Crippen molar-refractivity contribution >= 4 is 40.0 Å². The van der Waals surface area contributed by atoms with Crippen LogP contribution in [0.1, 0.15) is 15.9 Å². The van der Waals surface area contributed by atoms with Crippen LogP contribution in [-0.4, -0.2) is 22.4 Å². The van der Waals surface area contributed by atoms with E-state index in [1.54, 1.807) is 0 Å². The quantitative estimate of drug-likeness (QED) is 0.712. The molecule has 0 aliphatic carbocycles. The Hall–Kier alpha value is -2.04. The molecule has 0 spiro atoms. The van der Waals surface area contributed by atoms with E-state index in [1.165, 1.54) is 17.6 Å². The van der Waals surface area contributed by atoms with Gasteiger partial charge in [0.2, 0.25) is 0 Å². The third-order valence-electron chi connectivity index (χ3n) is 3.42. The van der Waals surface area contributed by atoms with Gasteiger partial charge in [0.25, 0.3) is 5.91 Å². The highest BCUT2D eigenvalue weighted by atomic mass is 35.5. The van der Waals surface area contributed by atoms with Gasteiger partial charge in [-0.2, -0.15) is 0 Å². The summed E-state index contributed by atoms with van der Waals surface area (Å²) in [5.41, 5.74) is 2.58. The SMILES string of the molecule is O=C(NCCc1c[nH]c2ccccc12)c1cnc(Cl)cc1Cl. The highest BCUT2D eigenvalue weighted by Gasteiger charge is 2.11. The van der Waals surface area contributed by atoms with Crippen molar-refractivity contribution in [2.75, 3.05) is 6.54 Å². The van der Waals surface area contributed by atoms with E-state index in [4.69, 9.17) is 23.2 Å². The molecule has 0 saturated heterocycles. The van der Waals surface area contributed by atoms with Crippen molar-refractivity contribution in [3.8, 4) is 0 Å². The molecule has 3 aromatic rings. The molecule has 0 fully saturated rings. The lowest BCUT2D eigenvalue weighted by Crippen LogP contribution is -2.26. The van der Waals surface area contributed by atoms with E-state index < -0.39 is 0 Å². The summed E-state index contributed by atoms with van der Waals surface area (Å²) in [4.78, 5) is 19.2. The molecule has 0 unspecified atom stereocenters. The Morgan fingerprint density at radius 3 is 2.91 bits per heavy atom. The lowest BCUT2D eigenvalue weighted by molar-refractivity contribution is 0.0954. The maximum absolute atomic E-state index is 12.1. The molecular weight excluding hydrogens is 321 g/mol. The summed E-state index contributed by atoms with van der Waals surface area (Å²) in [6.45, 7) is 0.514. The number of aromatic amines is 1. The molecule has 1 aromatic carbocycles. The zero-order valence-corrected chi connectivity index (χ0v) is 13.1. The number of aromatic nitrogens is 2. The Labute approximate surface area is 137 Å². The number of nitrogens with zero attached hydrogens (tertiary/aromatic N) is 1. The summed E-state index contributed by atoms with van der Waals surface area (Å²) in [7, 11) is 0. The molecule has 2 aromatic heterocycles. The van der Waals surface area contributed by atoms with Crippen LogP contribution in [0.4, 0.5) is 0 Å². The van der Waals surface area contributed by atoms with Crippen molar-refractivity contribution in [1.29, 1.82) is 0 Å². The van der Waals surface area contributed by atoms with Crippen molar-refractivity contribution in [3.05, 3.63) is 64.0 Å². The zero-order valence-electron chi connectivity index (χ0n) is 11.6. The van der Waals surface area contributed by atoms with Gasteiger partial charge in [0, 0.05) is 29.8 Å². The topological polar surface area (TPSA) is 57.8 Å². The van der Waals surface area contributed by atoms with Crippen molar-refractivity contribution in [3.63, 3.8) is 0 Å². The van der Waals surface area contributed by atoms with Gasteiger partial charge in [-0.05, 0) is 24.1 Å². The minimum Gasteiger partial charge on any atom is -0.361 e. The molecule has 2 heterocycles. The van der Waals surface area contributed by atoms with E-state index in [-0.39, 0.29) is 11.1 Å². The van der Waals surface area contributed by atoms with Crippen LogP contribution < -0.4 is 5.32 Å². The number of H-pyrrole nitrogens is 1. The average molecular weight is 334 g/mol. The molecule has 0 atom stereocenters. The van der Waals surface area contributed by atoms with E-state index in [0.717, 1.165) is 17.5 Å². The van der Waals surface area contributed by atoms with E-state index >= 15 is 0 Å². The zero-order chi connectivity index (χ0) is 15.5. The minimum absolute atomic E-state index is 0.256. The van der Waals surface area contributed by atoms with Gasteiger partial charge in [-0.1, -0.05) is 41.4 Å². The summed E-state index contributed by atoms with van der Waals surface area (Å²) >= 11 is 11.7. The Balaban J connectivity index is 1.64. The number of amides is 1. The first-order valence-electron chi connectivity index (χ1n) is 6.79. The van der Waals surface area contributed by atoms with Crippen molar-refractivity contribution in [2.45, 2.75) is 6.42 Å². The summed E-state index contributed by atoms with van der Waals surface area (Å²) in [5.74, 6) is -0.256. The number of rotatable bonds is 4. The van der Waals surface area contributed by atoms with Gasteiger partial charge in [0.1, 0.15) is 5.15 Å². The van der Waals surface area contributed by atoms with Crippen LogP contribution in [0.2, 0.25) is 10.2 Å². The third-order valence-corrected chi connectivity index (χ3v) is 3.94. The molecule has 22 heavy (non-hydrogen) atoms. The Morgan fingerprint density at radius 1 is 1.27 bits per heavy atom. The lowest BCUT2D eigenvalue weighted by atomic mass is 10.1. The number of carbonyl (C=O) groups excluding carboxylic acids is 1. The number of para-hydroxylation sites is 1. The predicted molar refractivity (Wildman–Crippen MR) is 88.6 cm³/mol. The van der Waals surface area contributed by atoms with E-state index in [0.29, 0.717) is 17.1 Å². The lowest BCUT2D eigenvalue weighted by Gasteiger charge is -2.06. The van der Waals surface area contributed by atoms with Gasteiger partial charge in [-0.15, -0.1) is 0 Å². The van der Waals surface area contributed by atoms with Gasteiger partial charge in [0.15, 0.2) is 0 Å². The molecule has 3 rings (SSSR count). The van der Waals surface area contributed by atoms with Crippen LogP contribution in [0.5, 0.6) is 0 Å². The number of nitrogens with one attached hydrogen (secondary N) is 2. The first kappa shape index (κ1) is 14.9. The van der Waals surface area contributed by atoms with Gasteiger partial charge < -0.3 is 10.3 Å². The van der Waals surface area contributed by atoms with E-state index in [1.807, 2.05) is 24.4 Å². The maximum Gasteiger partial charge on any atom is 0.254 e. The fourth-order valence-corrected chi connectivity index (χ4v) is 2.77. The predicted octanol–water partition coefficient (Wildman–Crippen LogP) is 3.84. The standard InChI is InChI=1S/C16H13Cl2N3O/c17-13-7-15(18)21-9-12(13)16(22)19-6-5-10-8-20-14-4-2-1-3-11(10)14/h1-4,7-9,20H,5-6H2,(H,19,22). The molecular formula is C16H13Cl2N3O. The summed E-state index contributed by atoms with van der Waals surface area (Å²) < 4.78 is 0. The van der Waals surface area contributed by atoms with Crippen molar-refractivity contribution in [2.24, 2.45) is 0 Å². The number of pyridine rings is 1. The summed E-state index contributed by atoms with van der Waals surface area (Å²) in [5, 5.41) is 4.57. The molecule has 0 bridgehead atoms. The van der Waals surface area contributed by atoms with Crippen molar-refractivity contribution < 1.29 is 4.79 Å². The fraction of sp³-hybridized carbons (Fsp3) is 0.125. The first-order chi connectivity index (χ1) is 10.6. The average Bonchev–Trinajstić information content (AvgIpc) is 2.90. The normalized spacial score (nSPS) is 10.8. The van der Waals surface area contributed by atoms with Crippen LogP contribution in [-0.2, 0) is 6.42 Å². The number of hydrogen-bond acceptors (Lipinski definition) is 2. The highest BCUT2D eigenvalue weighted by Crippen LogP contribution is 2.19. The van der Waals surface area contributed by atoms with Gasteiger partial charge in [-0.25, -0.2) is 4.98 Å². The Bertz CT molecular complexity index is 829. The number of hydrogen-bond donors (Lipinski definition) is 2. The highest BCUT2D eigenvalue weighted by molar-refractivity contribution is 6.36. The second-order valence-electron chi connectivity index (χ2n) is 4.85. The van der Waals surface area contributed by atoms with E-state index in [9.17, 15) is 4.79 Å². The maximum atomic E-state index is 12.1. The molecule has 112 valence electrons. The number of benzene rings is 1. The molecule has 0 aliphatic heterocycles. The molecule has 4 nitrogen and oxygen atoms in total. The number of carbonyl (C=O) groups is 1. The minimum atomic E-state index is -0.256. The molecule has 1 amide bonds. The molecule has 2 N–H and O–H groups in total. The smallest absolute Gasteiger partial charge is 0.254 e. The van der Waals surface area contributed by atoms with Crippen LogP contribution in [0, 0.1) is 0 Å². The van der Waals surface area contributed by atoms with Crippen LogP contribution in [0.3, 0.4) is 0 Å². The van der Waals surface area contributed by atoms with Crippen LogP contribution >= 0.6 is 23.2 Å². The Morgan fingerprint density at radius 2 is 2.09 bits per heavy atom. The number of fused-ring (bicyclic) bond motifs is 1. The van der Waals surface area contributed by atoms with E-state index in [2.05, 4.69) is 21.4 Å². The third kappa shape index (κ3) is 3.08. The summed E-state index contributed by atoms with van der Waals surface area (Å²) in [6, 6.07) is 9.52. The first-order valence-corrected chi connectivity index (χ1v) is 7.55. The number of halogens is 2. The summed E-state index contributed by atoms with van der Waals surface area (Å²) in [6.07, 6.45) is 4.08. The molecule has 0 aliphatic rings. The van der Waals surface area contributed by atoms with Gasteiger partial charge in [0.05, 0.1) is 10.6 Å². The second-order valence-corrected chi connectivity index (χ2v) is 5.65. The molecule has 0 saturated carbocycles. The fourth-order valence-electron chi connectivity index (χ4n) is 2.32. The van der Waals surface area contributed by atoms with Gasteiger partial charge >= 0.3 is 0 Å². The second kappa shape index (κ2) is 6.38. The largest absolute Gasteiger partial charge is 0.361 e.